The SMILES string of the molecule is CC(C)CN(CCC(N)=S)CC(F)(F)F. The smallest absolute Gasteiger partial charge is 0.393 e. The molecule has 2 N–H and O–H groups in total. The molecule has 0 fully saturated rings. The van der Waals surface area contributed by atoms with Crippen molar-refractivity contribution in [3.63, 3.8) is 0 Å². The monoisotopic (exact) mass is 242 g/mol. The zero-order valence-corrected chi connectivity index (χ0v) is 9.79. The Morgan fingerprint density at radius 1 is 1.40 bits per heavy atom. The van der Waals surface area contributed by atoms with Gasteiger partial charge in [0.15, 0.2) is 0 Å². The maximum atomic E-state index is 12.2. The summed E-state index contributed by atoms with van der Waals surface area (Å²) in [4.78, 5) is 1.59. The number of hydrogen-bond acceptors (Lipinski definition) is 2. The number of thiocarbonyl (C=S) groups is 1. The molecule has 0 amide bonds. The summed E-state index contributed by atoms with van der Waals surface area (Å²) in [5.41, 5.74) is 5.26. The summed E-state index contributed by atoms with van der Waals surface area (Å²) in [5, 5.41) is 0. The van der Waals surface area contributed by atoms with Crippen LogP contribution in [-0.4, -0.2) is 35.7 Å². The van der Waals surface area contributed by atoms with Gasteiger partial charge in [-0.25, -0.2) is 0 Å². The number of alkyl halides is 3. The minimum absolute atomic E-state index is 0.193. The standard InChI is InChI=1S/C9H17F3N2S/c1-7(2)5-14(4-3-8(13)15)6-9(10,11)12/h7H,3-6H2,1-2H3,(H2,13,15). The molecule has 0 spiro atoms. The molecule has 0 radical (unpaired) electrons. The predicted molar refractivity (Wildman–Crippen MR) is 58.7 cm³/mol. The average molecular weight is 242 g/mol. The zero-order valence-electron chi connectivity index (χ0n) is 8.97. The van der Waals surface area contributed by atoms with Gasteiger partial charge in [0.1, 0.15) is 0 Å². The second kappa shape index (κ2) is 6.27. The van der Waals surface area contributed by atoms with Crippen LogP contribution in [-0.2, 0) is 0 Å². The first-order valence-electron chi connectivity index (χ1n) is 4.78. The van der Waals surface area contributed by atoms with Crippen molar-refractivity contribution < 1.29 is 13.2 Å². The lowest BCUT2D eigenvalue weighted by Crippen LogP contribution is -2.38. The maximum absolute atomic E-state index is 12.2. The normalized spacial score (nSPS) is 12.5. The van der Waals surface area contributed by atoms with E-state index in [1.165, 1.54) is 4.90 Å². The highest BCUT2D eigenvalue weighted by Gasteiger charge is 2.30. The van der Waals surface area contributed by atoms with Crippen LogP contribution in [0, 0.1) is 5.92 Å². The largest absolute Gasteiger partial charge is 0.401 e. The van der Waals surface area contributed by atoms with Gasteiger partial charge in [0.2, 0.25) is 0 Å². The Hall–Kier alpha value is -0.360. The summed E-state index contributed by atoms with van der Waals surface area (Å²) in [7, 11) is 0. The van der Waals surface area contributed by atoms with Gasteiger partial charge in [-0.2, -0.15) is 13.2 Å². The first-order valence-corrected chi connectivity index (χ1v) is 5.19. The molecule has 0 atom stereocenters. The number of rotatable bonds is 6. The summed E-state index contributed by atoms with van der Waals surface area (Å²) >= 11 is 4.64. The Bertz CT molecular complexity index is 204. The number of halogens is 3. The van der Waals surface area contributed by atoms with Crippen LogP contribution in [0.1, 0.15) is 20.3 Å². The van der Waals surface area contributed by atoms with Crippen molar-refractivity contribution in [2.75, 3.05) is 19.6 Å². The van der Waals surface area contributed by atoms with Gasteiger partial charge in [-0.15, -0.1) is 0 Å². The van der Waals surface area contributed by atoms with Crippen molar-refractivity contribution in [2.24, 2.45) is 11.7 Å². The summed E-state index contributed by atoms with van der Waals surface area (Å²) in [5.74, 6) is 0.193. The van der Waals surface area contributed by atoms with E-state index in [2.05, 4.69) is 12.2 Å². The molecule has 0 aromatic heterocycles. The molecule has 90 valence electrons. The van der Waals surface area contributed by atoms with Crippen LogP contribution in [0.15, 0.2) is 0 Å². The second-order valence-electron chi connectivity index (χ2n) is 3.96. The van der Waals surface area contributed by atoms with E-state index in [-0.39, 0.29) is 17.5 Å². The van der Waals surface area contributed by atoms with Gasteiger partial charge in [0.05, 0.1) is 11.5 Å². The quantitative estimate of drug-likeness (QED) is 0.724. The third-order valence-corrected chi connectivity index (χ3v) is 1.90. The van der Waals surface area contributed by atoms with Crippen LogP contribution < -0.4 is 5.73 Å². The lowest BCUT2D eigenvalue weighted by atomic mass is 10.2. The zero-order chi connectivity index (χ0) is 12.1. The fourth-order valence-corrected chi connectivity index (χ4v) is 1.36. The Morgan fingerprint density at radius 3 is 2.27 bits per heavy atom. The van der Waals surface area contributed by atoms with Crippen LogP contribution in [0.5, 0.6) is 0 Å². The van der Waals surface area contributed by atoms with Crippen molar-refractivity contribution in [2.45, 2.75) is 26.4 Å². The van der Waals surface area contributed by atoms with Gasteiger partial charge < -0.3 is 5.73 Å². The van der Waals surface area contributed by atoms with E-state index >= 15 is 0 Å². The number of hydrogen-bond donors (Lipinski definition) is 1. The minimum Gasteiger partial charge on any atom is -0.393 e. The first kappa shape index (κ1) is 14.6. The molecule has 0 aromatic rings. The molecule has 6 heteroatoms. The molecule has 0 aromatic carbocycles. The third-order valence-electron chi connectivity index (χ3n) is 1.70. The fraction of sp³-hybridized carbons (Fsp3) is 0.889. The van der Waals surface area contributed by atoms with E-state index in [4.69, 9.17) is 5.73 Å². The van der Waals surface area contributed by atoms with E-state index in [1.54, 1.807) is 0 Å². The van der Waals surface area contributed by atoms with Gasteiger partial charge in [0, 0.05) is 19.5 Å². The van der Waals surface area contributed by atoms with Crippen molar-refractivity contribution in [3.05, 3.63) is 0 Å². The Morgan fingerprint density at radius 2 is 1.93 bits per heavy atom. The molecule has 0 aliphatic heterocycles. The lowest BCUT2D eigenvalue weighted by molar-refractivity contribution is -0.146. The summed E-state index contributed by atoms with van der Waals surface area (Å²) in [6.45, 7) is 3.54. The molecular weight excluding hydrogens is 225 g/mol. The summed E-state index contributed by atoms with van der Waals surface area (Å²) < 4.78 is 36.5. The van der Waals surface area contributed by atoms with Crippen molar-refractivity contribution in [1.29, 1.82) is 0 Å². The average Bonchev–Trinajstić information content (AvgIpc) is 1.95. The topological polar surface area (TPSA) is 29.3 Å². The van der Waals surface area contributed by atoms with E-state index in [1.807, 2.05) is 13.8 Å². The molecule has 0 saturated carbocycles. The highest BCUT2D eigenvalue weighted by atomic mass is 32.1. The van der Waals surface area contributed by atoms with Crippen LogP contribution in [0.2, 0.25) is 0 Å². The molecule has 0 aliphatic rings. The Labute approximate surface area is 93.6 Å². The number of nitrogens with two attached hydrogens (primary N) is 1. The molecule has 0 aliphatic carbocycles. The van der Waals surface area contributed by atoms with Crippen LogP contribution >= 0.6 is 12.2 Å². The van der Waals surface area contributed by atoms with Crippen molar-refractivity contribution in [3.8, 4) is 0 Å². The summed E-state index contributed by atoms with van der Waals surface area (Å²) in [6, 6.07) is 0. The molecule has 2 nitrogen and oxygen atoms in total. The van der Waals surface area contributed by atoms with E-state index in [9.17, 15) is 13.2 Å². The molecule has 0 saturated heterocycles. The Balaban J connectivity index is 4.12. The molecule has 0 heterocycles. The molecule has 15 heavy (non-hydrogen) atoms. The van der Waals surface area contributed by atoms with Gasteiger partial charge in [-0.05, 0) is 5.92 Å². The molecule has 0 rings (SSSR count). The van der Waals surface area contributed by atoms with E-state index in [0.29, 0.717) is 13.0 Å². The fourth-order valence-electron chi connectivity index (χ4n) is 1.27. The lowest BCUT2D eigenvalue weighted by Gasteiger charge is -2.25. The van der Waals surface area contributed by atoms with Crippen LogP contribution in [0.25, 0.3) is 0 Å². The van der Waals surface area contributed by atoms with Gasteiger partial charge in [-0.1, -0.05) is 26.1 Å². The molecule has 0 unspecified atom stereocenters. The Kier molecular flexibility index (Phi) is 6.12. The predicted octanol–water partition coefficient (Wildman–Crippen LogP) is 2.18. The highest BCUT2D eigenvalue weighted by molar-refractivity contribution is 7.80. The highest BCUT2D eigenvalue weighted by Crippen LogP contribution is 2.17. The van der Waals surface area contributed by atoms with Gasteiger partial charge in [-0.3, -0.25) is 4.90 Å². The van der Waals surface area contributed by atoms with Gasteiger partial charge in [0.25, 0.3) is 0 Å². The van der Waals surface area contributed by atoms with E-state index in [0.717, 1.165) is 0 Å². The van der Waals surface area contributed by atoms with Crippen molar-refractivity contribution in [1.82, 2.24) is 4.90 Å². The molecule has 0 bridgehead atoms. The number of nitrogens with zero attached hydrogens (tertiary/aromatic N) is 1. The molecular formula is C9H17F3N2S. The van der Waals surface area contributed by atoms with Gasteiger partial charge >= 0.3 is 6.18 Å². The van der Waals surface area contributed by atoms with Crippen LogP contribution in [0.4, 0.5) is 13.2 Å². The summed E-state index contributed by atoms with van der Waals surface area (Å²) in [6.07, 6.45) is -3.83. The minimum atomic E-state index is -4.16. The first-order chi connectivity index (χ1) is 6.70. The second-order valence-corrected chi connectivity index (χ2v) is 4.48. The maximum Gasteiger partial charge on any atom is 0.401 e. The van der Waals surface area contributed by atoms with Crippen LogP contribution in [0.3, 0.4) is 0 Å². The van der Waals surface area contributed by atoms with E-state index < -0.39 is 12.7 Å². The van der Waals surface area contributed by atoms with Crippen molar-refractivity contribution >= 4 is 17.2 Å². The third kappa shape index (κ3) is 9.93.